The molecule has 1 heterocycles. The Kier molecular flexibility index (Phi) is 1.30. The van der Waals surface area contributed by atoms with E-state index in [4.69, 9.17) is 10.2 Å². The molecule has 0 spiro atoms. The van der Waals surface area contributed by atoms with Gasteiger partial charge in [-0.3, -0.25) is 4.79 Å². The molecular weight excluding hydrogens is 176 g/mol. The first-order valence-corrected chi connectivity index (χ1v) is 3.42. The molecule has 1 aromatic carbocycles. The Labute approximate surface area is 72.2 Å². The van der Waals surface area contributed by atoms with Crippen LogP contribution in [-0.4, -0.2) is 22.0 Å². The van der Waals surface area contributed by atoms with Crippen LogP contribution in [0.4, 0.5) is 0 Å². The van der Waals surface area contributed by atoms with Crippen LogP contribution in [-0.2, 0) is 4.79 Å². The molecule has 13 heavy (non-hydrogen) atoms. The predicted octanol–water partition coefficient (Wildman–Crippen LogP) is 0.199. The normalized spacial score (nSPS) is 14.2. The number of rotatable bonds is 0. The summed E-state index contributed by atoms with van der Waals surface area (Å²) in [5.74, 6) is -2.72. The summed E-state index contributed by atoms with van der Waals surface area (Å²) in [7, 11) is 0. The SMILES string of the molecule is O=C1Oc2cc(O)c(O)cc2C1=O. The fraction of sp³-hybridized carbons (Fsp3) is 0. The molecule has 5 heteroatoms. The highest BCUT2D eigenvalue weighted by molar-refractivity contribution is 6.44. The molecule has 1 aliphatic heterocycles. The quantitative estimate of drug-likeness (QED) is 0.258. The summed E-state index contributed by atoms with van der Waals surface area (Å²) < 4.78 is 4.50. The van der Waals surface area contributed by atoms with Crippen LogP contribution >= 0.6 is 0 Å². The minimum Gasteiger partial charge on any atom is -0.504 e. The first kappa shape index (κ1) is 7.60. The zero-order valence-electron chi connectivity index (χ0n) is 6.27. The molecule has 1 aromatic rings. The van der Waals surface area contributed by atoms with Crippen molar-refractivity contribution in [2.45, 2.75) is 0 Å². The lowest BCUT2D eigenvalue weighted by atomic mass is 10.1. The minimum atomic E-state index is -1.000. The second-order valence-corrected chi connectivity index (χ2v) is 2.56. The highest BCUT2D eigenvalue weighted by Crippen LogP contribution is 2.36. The number of fused-ring (bicyclic) bond motifs is 1. The number of carbonyl (C=O) groups excluding carboxylic acids is 2. The van der Waals surface area contributed by atoms with Gasteiger partial charge < -0.3 is 14.9 Å². The number of Topliss-reactive ketones (excluding diaryl/α,β-unsaturated/α-hetero) is 1. The molecule has 0 amide bonds. The lowest BCUT2D eigenvalue weighted by molar-refractivity contribution is -0.128. The maximum Gasteiger partial charge on any atom is 0.385 e. The number of ether oxygens (including phenoxy) is 1. The zero-order chi connectivity index (χ0) is 9.59. The van der Waals surface area contributed by atoms with Crippen LogP contribution < -0.4 is 4.74 Å². The van der Waals surface area contributed by atoms with Gasteiger partial charge in [0.2, 0.25) is 0 Å². The third kappa shape index (κ3) is 0.936. The van der Waals surface area contributed by atoms with Gasteiger partial charge in [0.05, 0.1) is 5.56 Å². The number of phenolic OH excluding ortho intramolecular Hbond substituents is 2. The van der Waals surface area contributed by atoms with Gasteiger partial charge in [0, 0.05) is 6.07 Å². The predicted molar refractivity (Wildman–Crippen MR) is 39.7 cm³/mol. The van der Waals surface area contributed by atoms with E-state index >= 15 is 0 Å². The van der Waals surface area contributed by atoms with E-state index in [1.165, 1.54) is 0 Å². The van der Waals surface area contributed by atoms with Gasteiger partial charge in [-0.15, -0.1) is 0 Å². The monoisotopic (exact) mass is 180 g/mol. The summed E-state index contributed by atoms with van der Waals surface area (Å²) in [6.07, 6.45) is 0. The van der Waals surface area contributed by atoms with Crippen molar-refractivity contribution < 1.29 is 24.5 Å². The second kappa shape index (κ2) is 2.22. The smallest absolute Gasteiger partial charge is 0.385 e. The highest BCUT2D eigenvalue weighted by atomic mass is 16.5. The van der Waals surface area contributed by atoms with Crippen LogP contribution in [0.5, 0.6) is 17.2 Å². The molecule has 2 N–H and O–H groups in total. The van der Waals surface area contributed by atoms with E-state index in [9.17, 15) is 9.59 Å². The van der Waals surface area contributed by atoms with Gasteiger partial charge in [-0.25, -0.2) is 4.79 Å². The van der Waals surface area contributed by atoms with Crippen molar-refractivity contribution in [1.82, 2.24) is 0 Å². The van der Waals surface area contributed by atoms with Gasteiger partial charge in [0.25, 0.3) is 5.78 Å². The van der Waals surface area contributed by atoms with Gasteiger partial charge >= 0.3 is 5.97 Å². The van der Waals surface area contributed by atoms with E-state index in [0.717, 1.165) is 12.1 Å². The van der Waals surface area contributed by atoms with Crippen LogP contribution in [0, 0.1) is 0 Å². The molecule has 0 aliphatic carbocycles. The lowest BCUT2D eigenvalue weighted by Gasteiger charge is -1.98. The van der Waals surface area contributed by atoms with Gasteiger partial charge in [-0.1, -0.05) is 0 Å². The van der Waals surface area contributed by atoms with Crippen LogP contribution in [0.15, 0.2) is 12.1 Å². The molecule has 0 atom stereocenters. The minimum absolute atomic E-state index is 0.0229. The van der Waals surface area contributed by atoms with E-state index in [2.05, 4.69) is 4.74 Å². The summed E-state index contributed by atoms with van der Waals surface area (Å²) in [6, 6.07) is 2.02. The van der Waals surface area contributed by atoms with E-state index in [1.807, 2.05) is 0 Å². The number of hydrogen-bond donors (Lipinski definition) is 2. The molecule has 0 bridgehead atoms. The molecule has 1 aliphatic rings. The molecule has 0 saturated carbocycles. The summed E-state index contributed by atoms with van der Waals surface area (Å²) in [5, 5.41) is 18.0. The number of carbonyl (C=O) groups is 2. The topological polar surface area (TPSA) is 83.8 Å². The molecule has 0 radical (unpaired) electrons. The molecule has 5 nitrogen and oxygen atoms in total. The molecule has 2 rings (SSSR count). The first-order chi connectivity index (χ1) is 6.09. The van der Waals surface area contributed by atoms with Gasteiger partial charge in [0.15, 0.2) is 11.5 Å². The third-order valence-corrected chi connectivity index (χ3v) is 1.71. The Morgan fingerprint density at radius 1 is 1.08 bits per heavy atom. The first-order valence-electron chi connectivity index (χ1n) is 3.42. The van der Waals surface area contributed by atoms with Crippen molar-refractivity contribution in [3.05, 3.63) is 17.7 Å². The molecule has 0 saturated heterocycles. The van der Waals surface area contributed by atoms with Crippen LogP contribution in [0.2, 0.25) is 0 Å². The van der Waals surface area contributed by atoms with E-state index in [0.29, 0.717) is 0 Å². The van der Waals surface area contributed by atoms with Crippen molar-refractivity contribution in [2.75, 3.05) is 0 Å². The van der Waals surface area contributed by atoms with E-state index in [-0.39, 0.29) is 11.3 Å². The number of aromatic hydroxyl groups is 2. The maximum atomic E-state index is 11.0. The van der Waals surface area contributed by atoms with Crippen LogP contribution in [0.3, 0.4) is 0 Å². The summed E-state index contributed by atoms with van der Waals surface area (Å²) >= 11 is 0. The Balaban J connectivity index is 2.66. The van der Waals surface area contributed by atoms with Crippen molar-refractivity contribution in [1.29, 1.82) is 0 Å². The van der Waals surface area contributed by atoms with Crippen LogP contribution in [0.25, 0.3) is 0 Å². The maximum absolute atomic E-state index is 11.0. The molecule has 0 aromatic heterocycles. The van der Waals surface area contributed by atoms with Crippen molar-refractivity contribution in [3.8, 4) is 17.2 Å². The average Bonchev–Trinajstić information content (AvgIpc) is 2.32. The number of phenols is 2. The fourth-order valence-electron chi connectivity index (χ4n) is 1.08. The summed E-state index contributed by atoms with van der Waals surface area (Å²) in [5.41, 5.74) is -0.0275. The van der Waals surface area contributed by atoms with Crippen molar-refractivity contribution in [2.24, 2.45) is 0 Å². The van der Waals surface area contributed by atoms with Gasteiger partial charge in [-0.2, -0.15) is 0 Å². The number of hydrogen-bond acceptors (Lipinski definition) is 5. The Bertz CT molecular complexity index is 421. The highest BCUT2D eigenvalue weighted by Gasteiger charge is 2.32. The number of esters is 1. The van der Waals surface area contributed by atoms with Crippen molar-refractivity contribution in [3.63, 3.8) is 0 Å². The molecule has 66 valence electrons. The molecule has 0 fully saturated rings. The van der Waals surface area contributed by atoms with E-state index < -0.39 is 23.3 Å². The largest absolute Gasteiger partial charge is 0.504 e. The zero-order valence-corrected chi connectivity index (χ0v) is 6.27. The lowest BCUT2D eigenvalue weighted by Crippen LogP contribution is -2.10. The summed E-state index contributed by atoms with van der Waals surface area (Å²) in [4.78, 5) is 21.7. The van der Waals surface area contributed by atoms with E-state index in [1.54, 1.807) is 0 Å². The average molecular weight is 180 g/mol. The summed E-state index contributed by atoms with van der Waals surface area (Å²) in [6.45, 7) is 0. The fourth-order valence-corrected chi connectivity index (χ4v) is 1.08. The Hall–Kier alpha value is -2.04. The Morgan fingerprint density at radius 2 is 1.69 bits per heavy atom. The number of benzene rings is 1. The standard InChI is InChI=1S/C8H4O5/c9-4-1-3-6(2-5(4)10)13-8(12)7(3)11/h1-2,9-10H. The Morgan fingerprint density at radius 3 is 2.38 bits per heavy atom. The van der Waals surface area contributed by atoms with Crippen LogP contribution in [0.1, 0.15) is 10.4 Å². The second-order valence-electron chi connectivity index (χ2n) is 2.56. The molecule has 0 unspecified atom stereocenters. The van der Waals surface area contributed by atoms with Gasteiger partial charge in [-0.05, 0) is 6.07 Å². The van der Waals surface area contributed by atoms with Crippen molar-refractivity contribution >= 4 is 11.8 Å². The number of ketones is 1. The molecular formula is C8H4O5. The third-order valence-electron chi connectivity index (χ3n) is 1.71. The van der Waals surface area contributed by atoms with Gasteiger partial charge in [0.1, 0.15) is 5.75 Å².